The average Bonchev–Trinajstić information content (AvgIpc) is 2.26. The number of phenolic OH excluding ortho intramolecular Hbond substituents is 1. The van der Waals surface area contributed by atoms with Crippen molar-refractivity contribution in [3.63, 3.8) is 0 Å². The van der Waals surface area contributed by atoms with Crippen molar-refractivity contribution in [2.75, 3.05) is 12.0 Å². The number of nitrogens with one attached hydrogen (secondary N) is 1. The van der Waals surface area contributed by atoms with Crippen LogP contribution in [0.1, 0.15) is 23.7 Å². The molecule has 0 radical (unpaired) electrons. The number of amides is 1. The molecule has 1 aromatic rings. The van der Waals surface area contributed by atoms with E-state index in [4.69, 9.17) is 0 Å². The highest BCUT2D eigenvalue weighted by Gasteiger charge is 2.13. The van der Waals surface area contributed by atoms with E-state index in [0.29, 0.717) is 16.6 Å². The zero-order chi connectivity index (χ0) is 13.7. The second-order valence-electron chi connectivity index (χ2n) is 4.10. The summed E-state index contributed by atoms with van der Waals surface area (Å²) in [4.78, 5) is 11.9. The van der Waals surface area contributed by atoms with Gasteiger partial charge in [-0.1, -0.05) is 15.9 Å². The summed E-state index contributed by atoms with van der Waals surface area (Å²) in [7, 11) is -0.860. The van der Waals surface area contributed by atoms with Gasteiger partial charge in [-0.15, -0.1) is 0 Å². The number of hydrogen-bond acceptors (Lipinski definition) is 3. The van der Waals surface area contributed by atoms with E-state index in [1.54, 1.807) is 18.4 Å². The molecular weight excluding hydrogens is 318 g/mol. The van der Waals surface area contributed by atoms with Crippen molar-refractivity contribution < 1.29 is 14.1 Å². The van der Waals surface area contributed by atoms with Crippen molar-refractivity contribution in [2.45, 2.75) is 19.4 Å². The van der Waals surface area contributed by atoms with E-state index in [2.05, 4.69) is 21.2 Å². The average molecular weight is 334 g/mol. The molecular formula is C12H16BrNO3S. The third-order valence-electron chi connectivity index (χ3n) is 2.42. The molecule has 1 amide bonds. The standard InChI is InChI=1S/C12H16BrNO3S/c1-8(5-6-18(2)17)14-12(16)10-4-3-9(13)7-11(10)15/h3-4,7-8,15H,5-6H2,1-2H3,(H,14,16). The number of rotatable bonds is 5. The second-order valence-corrected chi connectivity index (χ2v) is 6.57. The number of carbonyl (C=O) groups excluding carboxylic acids is 1. The monoisotopic (exact) mass is 333 g/mol. The normalized spacial score (nSPS) is 13.9. The number of halogens is 1. The van der Waals surface area contributed by atoms with Gasteiger partial charge in [0.25, 0.3) is 5.91 Å². The van der Waals surface area contributed by atoms with Crippen LogP contribution in [0, 0.1) is 0 Å². The third-order valence-corrected chi connectivity index (χ3v) is 3.72. The molecule has 1 rings (SSSR count). The van der Waals surface area contributed by atoms with Gasteiger partial charge in [-0.25, -0.2) is 0 Å². The van der Waals surface area contributed by atoms with Gasteiger partial charge < -0.3 is 10.4 Å². The van der Waals surface area contributed by atoms with E-state index in [1.165, 1.54) is 6.07 Å². The summed E-state index contributed by atoms with van der Waals surface area (Å²) in [5.74, 6) is 0.163. The van der Waals surface area contributed by atoms with Crippen LogP contribution in [-0.4, -0.2) is 33.3 Å². The molecule has 0 aromatic heterocycles. The summed E-state index contributed by atoms with van der Waals surface area (Å²) >= 11 is 3.21. The van der Waals surface area contributed by atoms with E-state index in [1.807, 2.05) is 6.92 Å². The van der Waals surface area contributed by atoms with Crippen LogP contribution in [0.2, 0.25) is 0 Å². The SMILES string of the molecule is CC(CCS(C)=O)NC(=O)c1ccc(Br)cc1O. The highest BCUT2D eigenvalue weighted by atomic mass is 79.9. The van der Waals surface area contributed by atoms with Crippen molar-refractivity contribution >= 4 is 32.6 Å². The van der Waals surface area contributed by atoms with Gasteiger partial charge in [0, 0.05) is 33.3 Å². The van der Waals surface area contributed by atoms with Crippen LogP contribution < -0.4 is 5.32 Å². The third kappa shape index (κ3) is 4.78. The molecule has 0 fully saturated rings. The lowest BCUT2D eigenvalue weighted by Crippen LogP contribution is -2.33. The van der Waals surface area contributed by atoms with Gasteiger partial charge in [0.15, 0.2) is 0 Å². The molecule has 2 N–H and O–H groups in total. The van der Waals surface area contributed by atoms with E-state index in [0.717, 1.165) is 0 Å². The van der Waals surface area contributed by atoms with Gasteiger partial charge in [0.2, 0.25) is 0 Å². The largest absolute Gasteiger partial charge is 0.507 e. The van der Waals surface area contributed by atoms with Crippen LogP contribution in [0.15, 0.2) is 22.7 Å². The van der Waals surface area contributed by atoms with Gasteiger partial charge in [0.1, 0.15) is 5.75 Å². The molecule has 1 aromatic carbocycles. The maximum Gasteiger partial charge on any atom is 0.255 e. The van der Waals surface area contributed by atoms with E-state index < -0.39 is 10.8 Å². The molecule has 4 nitrogen and oxygen atoms in total. The summed E-state index contributed by atoms with van der Waals surface area (Å²) < 4.78 is 11.7. The minimum absolute atomic E-state index is 0.0619. The first kappa shape index (κ1) is 15.2. The molecule has 0 aliphatic heterocycles. The number of benzene rings is 1. The molecule has 0 saturated carbocycles. The molecule has 0 heterocycles. The molecule has 0 aliphatic rings. The van der Waals surface area contributed by atoms with E-state index in [9.17, 15) is 14.1 Å². The second kappa shape index (κ2) is 6.89. The molecule has 18 heavy (non-hydrogen) atoms. The number of carbonyl (C=O) groups is 1. The fourth-order valence-corrected chi connectivity index (χ4v) is 2.45. The highest BCUT2D eigenvalue weighted by molar-refractivity contribution is 9.10. The fourth-order valence-electron chi connectivity index (χ4n) is 1.41. The van der Waals surface area contributed by atoms with Crippen LogP contribution in [-0.2, 0) is 10.8 Å². The minimum atomic E-state index is -0.860. The van der Waals surface area contributed by atoms with Crippen LogP contribution in [0.25, 0.3) is 0 Å². The van der Waals surface area contributed by atoms with Crippen molar-refractivity contribution in [3.8, 4) is 5.75 Å². The lowest BCUT2D eigenvalue weighted by molar-refractivity contribution is 0.0936. The summed E-state index contributed by atoms with van der Waals surface area (Å²) in [5.41, 5.74) is 0.239. The lowest BCUT2D eigenvalue weighted by Gasteiger charge is -2.13. The lowest BCUT2D eigenvalue weighted by atomic mass is 10.1. The Hall–Kier alpha value is -0.880. The molecule has 2 atom stereocenters. The predicted octanol–water partition coefficient (Wildman–Crippen LogP) is 2.04. The van der Waals surface area contributed by atoms with E-state index >= 15 is 0 Å². The first-order valence-corrected chi connectivity index (χ1v) is 8.01. The molecule has 0 spiro atoms. The van der Waals surface area contributed by atoms with Gasteiger partial charge in [-0.2, -0.15) is 0 Å². The van der Waals surface area contributed by atoms with Crippen LogP contribution in [0.5, 0.6) is 5.75 Å². The molecule has 6 heteroatoms. The van der Waals surface area contributed by atoms with Crippen molar-refractivity contribution in [1.82, 2.24) is 5.32 Å². The summed E-state index contributed by atoms with van der Waals surface area (Å²) in [6, 6.07) is 4.64. The summed E-state index contributed by atoms with van der Waals surface area (Å²) in [6.45, 7) is 1.85. The number of hydrogen-bond donors (Lipinski definition) is 2. The number of aromatic hydroxyl groups is 1. The van der Waals surface area contributed by atoms with Crippen molar-refractivity contribution in [2.24, 2.45) is 0 Å². The Labute approximate surface area is 117 Å². The van der Waals surface area contributed by atoms with E-state index in [-0.39, 0.29) is 23.3 Å². The Bertz CT molecular complexity index is 465. The highest BCUT2D eigenvalue weighted by Crippen LogP contribution is 2.22. The van der Waals surface area contributed by atoms with Crippen LogP contribution >= 0.6 is 15.9 Å². The molecule has 100 valence electrons. The minimum Gasteiger partial charge on any atom is -0.507 e. The quantitative estimate of drug-likeness (QED) is 0.866. The Morgan fingerprint density at radius 2 is 2.22 bits per heavy atom. The summed E-state index contributed by atoms with van der Waals surface area (Å²) in [5, 5.41) is 12.4. The first-order chi connectivity index (χ1) is 8.40. The summed E-state index contributed by atoms with van der Waals surface area (Å²) in [6.07, 6.45) is 2.28. The van der Waals surface area contributed by atoms with Crippen LogP contribution in [0.3, 0.4) is 0 Å². The number of phenols is 1. The van der Waals surface area contributed by atoms with Gasteiger partial charge >= 0.3 is 0 Å². The Balaban J connectivity index is 2.62. The molecule has 0 aliphatic carbocycles. The van der Waals surface area contributed by atoms with Gasteiger partial charge in [-0.05, 0) is 31.5 Å². The van der Waals surface area contributed by atoms with Gasteiger partial charge in [-0.3, -0.25) is 9.00 Å². The smallest absolute Gasteiger partial charge is 0.255 e. The molecule has 0 saturated heterocycles. The predicted molar refractivity (Wildman–Crippen MR) is 76.3 cm³/mol. The Kier molecular flexibility index (Phi) is 5.81. The van der Waals surface area contributed by atoms with Crippen molar-refractivity contribution in [3.05, 3.63) is 28.2 Å². The Morgan fingerprint density at radius 1 is 1.56 bits per heavy atom. The fraction of sp³-hybridized carbons (Fsp3) is 0.417. The maximum absolute atomic E-state index is 11.9. The zero-order valence-electron chi connectivity index (χ0n) is 10.3. The molecule has 2 unspecified atom stereocenters. The van der Waals surface area contributed by atoms with Crippen LogP contribution in [0.4, 0.5) is 0 Å². The topological polar surface area (TPSA) is 66.4 Å². The Morgan fingerprint density at radius 3 is 2.78 bits per heavy atom. The van der Waals surface area contributed by atoms with Crippen molar-refractivity contribution in [1.29, 1.82) is 0 Å². The zero-order valence-corrected chi connectivity index (χ0v) is 12.7. The first-order valence-electron chi connectivity index (χ1n) is 5.49. The van der Waals surface area contributed by atoms with Gasteiger partial charge in [0.05, 0.1) is 5.56 Å². The maximum atomic E-state index is 11.9. The molecule has 0 bridgehead atoms.